The lowest BCUT2D eigenvalue weighted by Gasteiger charge is -2.21. The molecule has 0 aromatic heterocycles. The Bertz CT molecular complexity index is 486. The molecule has 21 heavy (non-hydrogen) atoms. The SMILES string of the molecule is CC(C)(C)OC(=O)NCC(CO)Cc1ccc(Cl)c(Cl)c1. The number of alkyl carbamates (subject to hydrolysis) is 1. The molecule has 118 valence electrons. The number of hydrogen-bond donors (Lipinski definition) is 2. The molecule has 1 atom stereocenters. The van der Waals surface area contributed by atoms with Crippen LogP contribution in [-0.4, -0.2) is 30.0 Å². The average molecular weight is 334 g/mol. The fraction of sp³-hybridized carbons (Fsp3) is 0.533. The number of halogens is 2. The molecule has 0 aliphatic rings. The highest BCUT2D eigenvalue weighted by atomic mass is 35.5. The average Bonchev–Trinajstić information content (AvgIpc) is 2.36. The highest BCUT2D eigenvalue weighted by Crippen LogP contribution is 2.23. The molecule has 0 heterocycles. The number of amides is 1. The van der Waals surface area contributed by atoms with Crippen LogP contribution >= 0.6 is 23.2 Å². The van der Waals surface area contributed by atoms with Crippen molar-refractivity contribution in [3.05, 3.63) is 33.8 Å². The molecule has 0 radical (unpaired) electrons. The normalized spacial score (nSPS) is 12.9. The van der Waals surface area contributed by atoms with E-state index >= 15 is 0 Å². The quantitative estimate of drug-likeness (QED) is 0.864. The Morgan fingerprint density at radius 2 is 2.00 bits per heavy atom. The summed E-state index contributed by atoms with van der Waals surface area (Å²) >= 11 is 11.8. The van der Waals surface area contributed by atoms with Crippen LogP contribution < -0.4 is 5.32 Å². The number of ether oxygens (including phenoxy) is 1. The first-order valence-corrected chi connectivity index (χ1v) is 7.48. The van der Waals surface area contributed by atoms with E-state index in [1.165, 1.54) is 0 Å². The Morgan fingerprint density at radius 1 is 1.33 bits per heavy atom. The summed E-state index contributed by atoms with van der Waals surface area (Å²) in [5.41, 5.74) is 0.414. The first-order chi connectivity index (χ1) is 9.71. The summed E-state index contributed by atoms with van der Waals surface area (Å²) in [7, 11) is 0. The van der Waals surface area contributed by atoms with Gasteiger partial charge < -0.3 is 15.2 Å². The van der Waals surface area contributed by atoms with Gasteiger partial charge in [-0.05, 0) is 44.9 Å². The maximum atomic E-state index is 11.6. The second-order valence-electron chi connectivity index (χ2n) is 5.88. The van der Waals surface area contributed by atoms with Gasteiger partial charge in [-0.25, -0.2) is 4.79 Å². The predicted molar refractivity (Wildman–Crippen MR) is 85.0 cm³/mol. The molecule has 0 spiro atoms. The Hall–Kier alpha value is -0.970. The van der Waals surface area contributed by atoms with Crippen LogP contribution in [0.2, 0.25) is 10.0 Å². The molecule has 0 bridgehead atoms. The first-order valence-electron chi connectivity index (χ1n) is 6.73. The molecule has 1 amide bonds. The molecule has 0 saturated heterocycles. The zero-order valence-corrected chi connectivity index (χ0v) is 14.0. The van der Waals surface area contributed by atoms with E-state index in [9.17, 15) is 9.90 Å². The Labute approximate surface area is 135 Å². The number of benzene rings is 1. The molecular formula is C15H21Cl2NO3. The molecule has 1 rings (SSSR count). The lowest BCUT2D eigenvalue weighted by Crippen LogP contribution is -2.36. The number of carbonyl (C=O) groups excluding carboxylic acids is 1. The summed E-state index contributed by atoms with van der Waals surface area (Å²) in [4.78, 5) is 11.6. The van der Waals surface area contributed by atoms with Crippen molar-refractivity contribution in [1.29, 1.82) is 0 Å². The van der Waals surface area contributed by atoms with E-state index in [-0.39, 0.29) is 12.5 Å². The lowest BCUT2D eigenvalue weighted by molar-refractivity contribution is 0.0512. The molecule has 1 unspecified atom stereocenters. The molecule has 1 aromatic carbocycles. The van der Waals surface area contributed by atoms with E-state index in [0.717, 1.165) is 5.56 Å². The Morgan fingerprint density at radius 3 is 2.52 bits per heavy atom. The van der Waals surface area contributed by atoms with Crippen LogP contribution in [0.4, 0.5) is 4.79 Å². The zero-order chi connectivity index (χ0) is 16.0. The molecule has 0 fully saturated rings. The predicted octanol–water partition coefficient (Wildman–Crippen LogP) is 3.67. The van der Waals surface area contributed by atoms with E-state index < -0.39 is 11.7 Å². The van der Waals surface area contributed by atoms with Gasteiger partial charge in [0.1, 0.15) is 5.60 Å². The fourth-order valence-electron chi connectivity index (χ4n) is 1.74. The van der Waals surface area contributed by atoms with Crippen LogP contribution in [0.15, 0.2) is 18.2 Å². The van der Waals surface area contributed by atoms with Crippen molar-refractivity contribution < 1.29 is 14.6 Å². The number of aliphatic hydroxyl groups excluding tert-OH is 1. The molecular weight excluding hydrogens is 313 g/mol. The first kappa shape index (κ1) is 18.1. The van der Waals surface area contributed by atoms with Gasteiger partial charge in [0.15, 0.2) is 0 Å². The standard InChI is InChI=1S/C15H21Cl2NO3/c1-15(2,3)21-14(20)18-8-11(9-19)6-10-4-5-12(16)13(17)7-10/h4-5,7,11,19H,6,8-9H2,1-3H3,(H,18,20). The smallest absolute Gasteiger partial charge is 0.407 e. The van der Waals surface area contributed by atoms with Crippen molar-refractivity contribution >= 4 is 29.3 Å². The second kappa shape index (κ2) is 7.87. The Kier molecular flexibility index (Phi) is 6.78. The summed E-state index contributed by atoms with van der Waals surface area (Å²) in [6.45, 7) is 5.67. The monoisotopic (exact) mass is 333 g/mol. The van der Waals surface area contributed by atoms with Crippen LogP contribution in [0.1, 0.15) is 26.3 Å². The van der Waals surface area contributed by atoms with Gasteiger partial charge in [-0.15, -0.1) is 0 Å². The maximum Gasteiger partial charge on any atom is 0.407 e. The van der Waals surface area contributed by atoms with E-state index in [2.05, 4.69) is 5.32 Å². The molecule has 2 N–H and O–H groups in total. The van der Waals surface area contributed by atoms with Crippen LogP contribution in [0.3, 0.4) is 0 Å². The molecule has 6 heteroatoms. The van der Waals surface area contributed by atoms with Crippen molar-refractivity contribution in [1.82, 2.24) is 5.32 Å². The number of rotatable bonds is 5. The van der Waals surface area contributed by atoms with Crippen LogP contribution in [-0.2, 0) is 11.2 Å². The molecule has 4 nitrogen and oxygen atoms in total. The number of nitrogens with one attached hydrogen (secondary N) is 1. The van der Waals surface area contributed by atoms with E-state index in [0.29, 0.717) is 23.0 Å². The Balaban J connectivity index is 2.51. The molecule has 0 saturated carbocycles. The van der Waals surface area contributed by atoms with Crippen molar-refractivity contribution in [2.75, 3.05) is 13.2 Å². The van der Waals surface area contributed by atoms with Gasteiger partial charge in [0.25, 0.3) is 0 Å². The number of aliphatic hydroxyl groups is 1. The third-order valence-electron chi connectivity index (χ3n) is 2.70. The van der Waals surface area contributed by atoms with Gasteiger partial charge in [-0.2, -0.15) is 0 Å². The van der Waals surface area contributed by atoms with Gasteiger partial charge in [-0.3, -0.25) is 0 Å². The van der Waals surface area contributed by atoms with Gasteiger partial charge in [0, 0.05) is 19.1 Å². The minimum Gasteiger partial charge on any atom is -0.444 e. The third kappa shape index (κ3) is 7.02. The lowest BCUT2D eigenvalue weighted by atomic mass is 10.00. The van der Waals surface area contributed by atoms with Crippen LogP contribution in [0.5, 0.6) is 0 Å². The summed E-state index contributed by atoms with van der Waals surface area (Å²) in [5, 5.41) is 13.0. The topological polar surface area (TPSA) is 58.6 Å². The van der Waals surface area contributed by atoms with Crippen molar-refractivity contribution in [3.63, 3.8) is 0 Å². The highest BCUT2D eigenvalue weighted by molar-refractivity contribution is 6.42. The zero-order valence-electron chi connectivity index (χ0n) is 12.5. The van der Waals surface area contributed by atoms with E-state index in [1.807, 2.05) is 6.07 Å². The van der Waals surface area contributed by atoms with Gasteiger partial charge in [-0.1, -0.05) is 29.3 Å². The van der Waals surface area contributed by atoms with Gasteiger partial charge >= 0.3 is 6.09 Å². The summed E-state index contributed by atoms with van der Waals surface area (Å²) < 4.78 is 5.15. The third-order valence-corrected chi connectivity index (χ3v) is 3.44. The summed E-state index contributed by atoms with van der Waals surface area (Å²) in [5.74, 6) is -0.116. The van der Waals surface area contributed by atoms with Crippen LogP contribution in [0, 0.1) is 5.92 Å². The van der Waals surface area contributed by atoms with E-state index in [4.69, 9.17) is 27.9 Å². The molecule has 0 aliphatic carbocycles. The number of carbonyl (C=O) groups is 1. The van der Waals surface area contributed by atoms with Crippen molar-refractivity contribution in [2.24, 2.45) is 5.92 Å². The van der Waals surface area contributed by atoms with Crippen molar-refractivity contribution in [2.45, 2.75) is 32.8 Å². The van der Waals surface area contributed by atoms with Crippen molar-refractivity contribution in [3.8, 4) is 0 Å². The largest absolute Gasteiger partial charge is 0.444 e. The maximum absolute atomic E-state index is 11.6. The number of hydrogen-bond acceptors (Lipinski definition) is 3. The minimum absolute atomic E-state index is 0.0456. The fourth-order valence-corrected chi connectivity index (χ4v) is 2.06. The second-order valence-corrected chi connectivity index (χ2v) is 6.70. The summed E-state index contributed by atoms with van der Waals surface area (Å²) in [6, 6.07) is 5.33. The van der Waals surface area contributed by atoms with Crippen LogP contribution in [0.25, 0.3) is 0 Å². The highest BCUT2D eigenvalue weighted by Gasteiger charge is 2.17. The molecule has 1 aromatic rings. The molecule has 0 aliphatic heterocycles. The van der Waals surface area contributed by atoms with E-state index in [1.54, 1.807) is 32.9 Å². The summed E-state index contributed by atoms with van der Waals surface area (Å²) in [6.07, 6.45) is 0.0958. The minimum atomic E-state index is -0.539. The van der Waals surface area contributed by atoms with Gasteiger partial charge in [0.2, 0.25) is 0 Å². The van der Waals surface area contributed by atoms with Gasteiger partial charge in [0.05, 0.1) is 10.0 Å².